The summed E-state index contributed by atoms with van der Waals surface area (Å²) in [6.07, 6.45) is 2.18. The molecule has 12 heteroatoms. The van der Waals surface area contributed by atoms with Gasteiger partial charge in [0.05, 0.1) is 5.92 Å². The van der Waals surface area contributed by atoms with Crippen molar-refractivity contribution in [2.24, 2.45) is 5.92 Å². The van der Waals surface area contributed by atoms with Gasteiger partial charge >= 0.3 is 0 Å². The van der Waals surface area contributed by atoms with Gasteiger partial charge < -0.3 is 29.7 Å². The van der Waals surface area contributed by atoms with Crippen molar-refractivity contribution < 1.29 is 28.6 Å². The van der Waals surface area contributed by atoms with E-state index < -0.39 is 5.91 Å². The third-order valence-corrected chi connectivity index (χ3v) is 6.25. The minimum atomic E-state index is -0.475. The van der Waals surface area contributed by atoms with Gasteiger partial charge in [-0.25, -0.2) is 0 Å². The van der Waals surface area contributed by atoms with Crippen molar-refractivity contribution in [1.29, 1.82) is 0 Å². The topological polar surface area (TPSA) is 132 Å². The first kappa shape index (κ1) is 22.9. The molecule has 0 unspecified atom stereocenters. The number of carbonyl (C=O) groups excluding carboxylic acids is 3. The summed E-state index contributed by atoms with van der Waals surface area (Å²) in [5, 5.41) is 13.6. The molecule has 4 rings (SSSR count). The summed E-state index contributed by atoms with van der Waals surface area (Å²) < 4.78 is 15.5. The molecular formula is C21H25N5O6S. The molecule has 2 aromatic rings. The van der Waals surface area contributed by atoms with Crippen LogP contribution in [-0.2, 0) is 9.53 Å². The van der Waals surface area contributed by atoms with E-state index in [4.69, 9.17) is 14.2 Å². The first-order valence-electron chi connectivity index (χ1n) is 10.7. The Bertz CT molecular complexity index is 1030. The summed E-state index contributed by atoms with van der Waals surface area (Å²) in [6, 6.07) is 5.04. The maximum atomic E-state index is 12.9. The zero-order chi connectivity index (χ0) is 23.2. The summed E-state index contributed by atoms with van der Waals surface area (Å²) in [7, 11) is 1.62. The minimum absolute atomic E-state index is 0.0651. The minimum Gasteiger partial charge on any atom is -0.454 e. The molecule has 0 saturated carbocycles. The van der Waals surface area contributed by atoms with E-state index in [0.29, 0.717) is 43.4 Å². The number of hydrogen-bond donors (Lipinski definition) is 2. The zero-order valence-corrected chi connectivity index (χ0v) is 19.0. The number of nitrogens with zero attached hydrogens (tertiary/aromatic N) is 3. The highest BCUT2D eigenvalue weighted by atomic mass is 32.1. The Morgan fingerprint density at radius 1 is 1.21 bits per heavy atom. The van der Waals surface area contributed by atoms with Gasteiger partial charge in [-0.15, -0.1) is 10.2 Å². The molecule has 0 spiro atoms. The van der Waals surface area contributed by atoms with Crippen LogP contribution in [0.15, 0.2) is 18.2 Å². The SMILES string of the molecule is COCCCNC(=O)[C@@H]1CCCN(C(=O)c2nnc(C(=O)Nc3ccc4c(c3)OCO4)s2)C1. The average Bonchev–Trinajstić information content (AvgIpc) is 3.51. The van der Waals surface area contributed by atoms with Gasteiger partial charge in [-0.1, -0.05) is 11.3 Å². The molecule has 1 saturated heterocycles. The highest BCUT2D eigenvalue weighted by Gasteiger charge is 2.30. The second kappa shape index (κ2) is 10.6. The van der Waals surface area contributed by atoms with Gasteiger partial charge in [-0.3, -0.25) is 14.4 Å². The Kier molecular flexibility index (Phi) is 7.35. The Morgan fingerprint density at radius 2 is 2.03 bits per heavy atom. The molecule has 1 aromatic carbocycles. The molecular weight excluding hydrogens is 450 g/mol. The number of likely N-dealkylation sites (tertiary alicyclic amines) is 1. The zero-order valence-electron chi connectivity index (χ0n) is 18.2. The van der Waals surface area contributed by atoms with Gasteiger partial charge in [-0.2, -0.15) is 0 Å². The van der Waals surface area contributed by atoms with Crippen LogP contribution in [0.1, 0.15) is 38.9 Å². The molecule has 0 radical (unpaired) electrons. The number of amides is 3. The Balaban J connectivity index is 1.33. The third kappa shape index (κ3) is 5.57. The Labute approximate surface area is 194 Å². The average molecular weight is 476 g/mol. The molecule has 1 atom stereocenters. The lowest BCUT2D eigenvalue weighted by Crippen LogP contribution is -2.45. The summed E-state index contributed by atoms with van der Waals surface area (Å²) in [5.74, 6) is 0.0177. The summed E-state index contributed by atoms with van der Waals surface area (Å²) in [6.45, 7) is 2.10. The van der Waals surface area contributed by atoms with Gasteiger partial charge in [0.15, 0.2) is 11.5 Å². The van der Waals surface area contributed by atoms with Crippen molar-refractivity contribution in [3.8, 4) is 11.5 Å². The predicted molar refractivity (Wildman–Crippen MR) is 119 cm³/mol. The molecule has 0 bridgehead atoms. The van der Waals surface area contributed by atoms with Crippen molar-refractivity contribution in [2.75, 3.05) is 45.5 Å². The van der Waals surface area contributed by atoms with E-state index in [1.165, 1.54) is 0 Å². The lowest BCUT2D eigenvalue weighted by Gasteiger charge is -2.31. The number of piperidine rings is 1. The number of hydrogen-bond acceptors (Lipinski definition) is 9. The first-order chi connectivity index (χ1) is 16.0. The molecule has 3 amide bonds. The molecule has 2 N–H and O–H groups in total. The highest BCUT2D eigenvalue weighted by Crippen LogP contribution is 2.34. The van der Waals surface area contributed by atoms with Crippen LogP contribution >= 0.6 is 11.3 Å². The van der Waals surface area contributed by atoms with Gasteiger partial charge in [0.1, 0.15) is 0 Å². The second-order valence-corrected chi connectivity index (χ2v) is 8.64. The maximum Gasteiger partial charge on any atom is 0.286 e. The quantitative estimate of drug-likeness (QED) is 0.550. The number of ether oxygens (including phenoxy) is 3. The van der Waals surface area contributed by atoms with Crippen LogP contribution in [0.25, 0.3) is 0 Å². The van der Waals surface area contributed by atoms with Crippen LogP contribution in [-0.4, -0.2) is 73.0 Å². The molecule has 11 nitrogen and oxygen atoms in total. The fourth-order valence-electron chi connectivity index (χ4n) is 3.64. The lowest BCUT2D eigenvalue weighted by molar-refractivity contribution is -0.126. The molecule has 1 aromatic heterocycles. The number of rotatable bonds is 8. The van der Waals surface area contributed by atoms with Crippen LogP contribution in [0.5, 0.6) is 11.5 Å². The van der Waals surface area contributed by atoms with Crippen molar-refractivity contribution in [3.63, 3.8) is 0 Å². The molecule has 176 valence electrons. The molecule has 2 aliphatic heterocycles. The van der Waals surface area contributed by atoms with E-state index in [1.54, 1.807) is 30.2 Å². The van der Waals surface area contributed by atoms with Crippen molar-refractivity contribution in [3.05, 3.63) is 28.2 Å². The summed E-state index contributed by atoms with van der Waals surface area (Å²) in [4.78, 5) is 39.5. The maximum absolute atomic E-state index is 12.9. The fourth-order valence-corrected chi connectivity index (χ4v) is 4.35. The Hall–Kier alpha value is -3.25. The monoisotopic (exact) mass is 475 g/mol. The van der Waals surface area contributed by atoms with Gasteiger partial charge in [0.25, 0.3) is 11.8 Å². The number of carbonyl (C=O) groups is 3. The van der Waals surface area contributed by atoms with Gasteiger partial charge in [0.2, 0.25) is 22.7 Å². The van der Waals surface area contributed by atoms with E-state index >= 15 is 0 Å². The van der Waals surface area contributed by atoms with Crippen LogP contribution in [0.3, 0.4) is 0 Å². The molecule has 2 aliphatic rings. The summed E-state index contributed by atoms with van der Waals surface area (Å²) >= 11 is 0.921. The van der Waals surface area contributed by atoms with Gasteiger partial charge in [0, 0.05) is 45.1 Å². The second-order valence-electron chi connectivity index (χ2n) is 7.66. The number of anilines is 1. The van der Waals surface area contributed by atoms with E-state index in [9.17, 15) is 14.4 Å². The molecule has 1 fully saturated rings. The normalized spacial score (nSPS) is 17.0. The van der Waals surface area contributed by atoms with Gasteiger partial charge in [-0.05, 0) is 31.4 Å². The van der Waals surface area contributed by atoms with Crippen molar-refractivity contribution in [2.45, 2.75) is 19.3 Å². The molecule has 33 heavy (non-hydrogen) atoms. The standard InChI is InChI=1S/C21H25N5O6S/c1-30-9-3-7-22-17(27)13-4-2-8-26(11-13)21(29)20-25-24-19(33-20)18(28)23-14-5-6-15-16(10-14)32-12-31-15/h5-6,10,13H,2-4,7-9,11-12H2,1H3,(H,22,27)(H,23,28)/t13-/m1/s1. The van der Waals surface area contributed by atoms with E-state index in [-0.39, 0.29) is 34.5 Å². The highest BCUT2D eigenvalue weighted by molar-refractivity contribution is 7.15. The first-order valence-corrected chi connectivity index (χ1v) is 11.5. The number of aromatic nitrogens is 2. The van der Waals surface area contributed by atoms with Crippen LogP contribution < -0.4 is 20.1 Å². The van der Waals surface area contributed by atoms with Crippen LogP contribution in [0.4, 0.5) is 5.69 Å². The third-order valence-electron chi connectivity index (χ3n) is 5.34. The predicted octanol–water partition coefficient (Wildman–Crippen LogP) is 1.52. The van der Waals surface area contributed by atoms with Crippen molar-refractivity contribution in [1.82, 2.24) is 20.4 Å². The van der Waals surface area contributed by atoms with E-state index in [2.05, 4.69) is 20.8 Å². The lowest BCUT2D eigenvalue weighted by atomic mass is 9.97. The number of benzene rings is 1. The van der Waals surface area contributed by atoms with Crippen LogP contribution in [0, 0.1) is 5.92 Å². The number of fused-ring (bicyclic) bond motifs is 1. The molecule has 3 heterocycles. The van der Waals surface area contributed by atoms with Crippen LogP contribution in [0.2, 0.25) is 0 Å². The number of nitrogens with one attached hydrogen (secondary N) is 2. The number of methoxy groups -OCH3 is 1. The Morgan fingerprint density at radius 3 is 2.88 bits per heavy atom. The van der Waals surface area contributed by atoms with Crippen molar-refractivity contribution >= 4 is 34.7 Å². The smallest absolute Gasteiger partial charge is 0.286 e. The van der Waals surface area contributed by atoms with E-state index in [1.807, 2.05) is 0 Å². The summed E-state index contributed by atoms with van der Waals surface area (Å²) in [5.41, 5.74) is 0.516. The largest absolute Gasteiger partial charge is 0.454 e. The molecule has 0 aliphatic carbocycles. The fraction of sp³-hybridized carbons (Fsp3) is 0.476. The van der Waals surface area contributed by atoms with E-state index in [0.717, 1.165) is 30.6 Å².